The number of aryl methyl sites for hydroxylation is 3. The lowest BCUT2D eigenvalue weighted by molar-refractivity contribution is -0.136. The van der Waals surface area contributed by atoms with Crippen molar-refractivity contribution in [1.82, 2.24) is 15.4 Å². The van der Waals surface area contributed by atoms with E-state index in [-0.39, 0.29) is 35.3 Å². The number of nitriles is 1. The Balaban J connectivity index is 1.21. The number of aldehydes is 1. The number of benzene rings is 3. The van der Waals surface area contributed by atoms with E-state index in [1.54, 1.807) is 18.2 Å². The molecule has 1 saturated carbocycles. The van der Waals surface area contributed by atoms with E-state index in [4.69, 9.17) is 4.52 Å². The normalized spacial score (nSPS) is 16.3. The molecule has 3 amide bonds. The van der Waals surface area contributed by atoms with Crippen molar-refractivity contribution in [1.29, 1.82) is 5.26 Å². The van der Waals surface area contributed by atoms with Crippen molar-refractivity contribution in [2.45, 2.75) is 64.3 Å². The van der Waals surface area contributed by atoms with Crippen LogP contribution >= 0.6 is 0 Å². The first-order valence-electron chi connectivity index (χ1n) is 16.8. The lowest BCUT2D eigenvalue weighted by Gasteiger charge is -2.30. The fourth-order valence-electron chi connectivity index (χ4n) is 6.70. The highest BCUT2D eigenvalue weighted by Gasteiger charge is 2.44. The smallest absolute Gasteiger partial charge is 0.255 e. The molecule has 256 valence electrons. The van der Waals surface area contributed by atoms with E-state index in [9.17, 15) is 24.4 Å². The number of carbonyl (C=O) groups is 4. The van der Waals surface area contributed by atoms with Crippen LogP contribution in [0.3, 0.4) is 0 Å². The van der Waals surface area contributed by atoms with Gasteiger partial charge in [-0.2, -0.15) is 5.26 Å². The highest BCUT2D eigenvalue weighted by atomic mass is 16.5. The fraction of sp³-hybridized carbons (Fsp3) is 0.333. The summed E-state index contributed by atoms with van der Waals surface area (Å²) in [6.07, 6.45) is 3.46. The monoisotopic (exact) mass is 672 g/mol. The van der Waals surface area contributed by atoms with Crippen molar-refractivity contribution >= 4 is 41.1 Å². The molecule has 2 N–H and O–H groups in total. The summed E-state index contributed by atoms with van der Waals surface area (Å²) in [6.45, 7) is 7.14. The Labute approximate surface area is 291 Å². The first-order chi connectivity index (χ1) is 24.0. The summed E-state index contributed by atoms with van der Waals surface area (Å²) in [5, 5.41) is 19.6. The predicted octanol–water partition coefficient (Wildman–Crippen LogP) is 6.15. The number of nitrogens with one attached hydrogen (secondary N) is 2. The van der Waals surface area contributed by atoms with Crippen LogP contribution in [-0.2, 0) is 15.0 Å². The third-order valence-electron chi connectivity index (χ3n) is 9.81. The number of amides is 3. The van der Waals surface area contributed by atoms with Crippen LogP contribution in [0.5, 0.6) is 0 Å². The molecule has 2 aliphatic rings. The molecule has 0 bridgehead atoms. The van der Waals surface area contributed by atoms with Gasteiger partial charge in [0.1, 0.15) is 11.8 Å². The average Bonchev–Trinajstić information content (AvgIpc) is 3.85. The standard InChI is InChI=1S/C39H40N6O5/c1-24-6-7-27(36-25(2)43-50-26(36)3)20-34(24)45(31-12-9-29(10-13-31)39(23-40)16-17-39)19-5-18-41-30-11-8-28(22-46)32(21-30)38(49)44(4)33-14-15-35(47)42-37(33)48/h6-13,20-22,33,41H,5,14-19H2,1-4H3,(H,42,47,48). The molecule has 50 heavy (non-hydrogen) atoms. The van der Waals surface area contributed by atoms with Crippen LogP contribution in [0.2, 0.25) is 0 Å². The van der Waals surface area contributed by atoms with Crippen LogP contribution in [0.15, 0.2) is 65.2 Å². The molecule has 1 aromatic heterocycles. The van der Waals surface area contributed by atoms with Crippen LogP contribution in [-0.4, -0.2) is 60.2 Å². The molecule has 1 unspecified atom stereocenters. The number of carbonyl (C=O) groups excluding carboxylic acids is 4. The predicted molar refractivity (Wildman–Crippen MR) is 189 cm³/mol. The van der Waals surface area contributed by atoms with E-state index in [0.29, 0.717) is 31.5 Å². The van der Waals surface area contributed by atoms with Gasteiger partial charge in [-0.3, -0.25) is 24.5 Å². The summed E-state index contributed by atoms with van der Waals surface area (Å²) in [5.41, 5.74) is 7.67. The van der Waals surface area contributed by atoms with Gasteiger partial charge >= 0.3 is 0 Å². The molecular weight excluding hydrogens is 632 g/mol. The zero-order valence-corrected chi connectivity index (χ0v) is 28.7. The van der Waals surface area contributed by atoms with Gasteiger partial charge in [-0.25, -0.2) is 0 Å². The minimum Gasteiger partial charge on any atom is -0.385 e. The summed E-state index contributed by atoms with van der Waals surface area (Å²) in [4.78, 5) is 52.9. The molecule has 1 aliphatic heterocycles. The highest BCUT2D eigenvalue weighted by molar-refractivity contribution is 6.06. The Hall–Kier alpha value is -5.76. The summed E-state index contributed by atoms with van der Waals surface area (Å²) in [7, 11) is 1.51. The molecular formula is C39H40N6O5. The van der Waals surface area contributed by atoms with Crippen molar-refractivity contribution in [2.75, 3.05) is 30.4 Å². The number of rotatable bonds is 12. The number of hydrogen-bond donors (Lipinski definition) is 2. The number of likely N-dealkylation sites (N-methyl/N-ethyl adjacent to an activating group) is 1. The van der Waals surface area contributed by atoms with Gasteiger partial charge in [0.2, 0.25) is 11.8 Å². The molecule has 1 saturated heterocycles. The molecule has 0 spiro atoms. The second-order valence-electron chi connectivity index (χ2n) is 13.2. The molecule has 1 atom stereocenters. The zero-order chi connectivity index (χ0) is 35.6. The highest BCUT2D eigenvalue weighted by Crippen LogP contribution is 2.48. The second kappa shape index (κ2) is 14.0. The number of imide groups is 1. The molecule has 0 radical (unpaired) electrons. The molecule has 2 fully saturated rings. The van der Waals surface area contributed by atoms with Crippen molar-refractivity contribution in [2.24, 2.45) is 0 Å². The van der Waals surface area contributed by atoms with E-state index in [2.05, 4.69) is 76.1 Å². The minimum absolute atomic E-state index is 0.140. The quantitative estimate of drug-likeness (QED) is 0.103. The number of hydrogen-bond acceptors (Lipinski definition) is 9. The Morgan fingerprint density at radius 1 is 1.10 bits per heavy atom. The number of nitrogens with zero attached hydrogens (tertiary/aromatic N) is 4. The number of aromatic nitrogens is 1. The molecule has 4 aromatic rings. The SMILES string of the molecule is Cc1ccc(-c2c(C)noc2C)cc1N(CCCNc1ccc(C=O)c(C(=O)N(C)C2CCC(=O)NC2=O)c1)c1ccc(C2(C#N)CC2)cc1. The summed E-state index contributed by atoms with van der Waals surface area (Å²) < 4.78 is 5.47. The Morgan fingerprint density at radius 2 is 1.86 bits per heavy atom. The van der Waals surface area contributed by atoms with Gasteiger partial charge in [0, 0.05) is 54.7 Å². The molecule has 2 heterocycles. The van der Waals surface area contributed by atoms with Gasteiger partial charge in [-0.05, 0) is 99.5 Å². The van der Waals surface area contributed by atoms with Crippen LogP contribution in [0.4, 0.5) is 17.1 Å². The largest absolute Gasteiger partial charge is 0.385 e. The molecule has 1 aliphatic carbocycles. The maximum absolute atomic E-state index is 13.5. The van der Waals surface area contributed by atoms with Crippen molar-refractivity contribution in [3.63, 3.8) is 0 Å². The zero-order valence-electron chi connectivity index (χ0n) is 28.7. The first kappa shape index (κ1) is 34.1. The van der Waals surface area contributed by atoms with Gasteiger partial charge in [0.25, 0.3) is 5.91 Å². The van der Waals surface area contributed by atoms with Gasteiger partial charge in [-0.1, -0.05) is 29.4 Å². The van der Waals surface area contributed by atoms with Crippen molar-refractivity contribution in [3.05, 3.63) is 94.4 Å². The van der Waals surface area contributed by atoms with Crippen LogP contribution in [0, 0.1) is 32.1 Å². The third kappa shape index (κ3) is 6.74. The number of piperidine rings is 1. The van der Waals surface area contributed by atoms with Crippen LogP contribution < -0.4 is 15.5 Å². The average molecular weight is 673 g/mol. The van der Waals surface area contributed by atoms with Crippen molar-refractivity contribution in [3.8, 4) is 17.2 Å². The van der Waals surface area contributed by atoms with E-state index < -0.39 is 17.9 Å². The topological polar surface area (TPSA) is 149 Å². The van der Waals surface area contributed by atoms with Gasteiger partial charge in [0.15, 0.2) is 6.29 Å². The Bertz CT molecular complexity index is 1990. The van der Waals surface area contributed by atoms with E-state index in [1.165, 1.54) is 11.9 Å². The lowest BCUT2D eigenvalue weighted by Crippen LogP contribution is -2.53. The molecule has 11 nitrogen and oxygen atoms in total. The minimum atomic E-state index is -0.800. The van der Waals surface area contributed by atoms with Crippen molar-refractivity contribution < 1.29 is 23.7 Å². The van der Waals surface area contributed by atoms with E-state index >= 15 is 0 Å². The lowest BCUT2D eigenvalue weighted by atomic mass is 9.97. The summed E-state index contributed by atoms with van der Waals surface area (Å²) in [6, 6.07) is 21.3. The first-order valence-corrected chi connectivity index (χ1v) is 16.8. The molecule has 11 heteroatoms. The van der Waals surface area contributed by atoms with Crippen LogP contribution in [0.25, 0.3) is 11.1 Å². The van der Waals surface area contributed by atoms with Gasteiger partial charge in [-0.15, -0.1) is 0 Å². The van der Waals surface area contributed by atoms with E-state index in [1.807, 2.05) is 13.8 Å². The molecule has 6 rings (SSSR count). The van der Waals surface area contributed by atoms with Crippen LogP contribution in [0.1, 0.15) is 75.4 Å². The third-order valence-corrected chi connectivity index (χ3v) is 9.81. The fourth-order valence-corrected chi connectivity index (χ4v) is 6.70. The second-order valence-corrected chi connectivity index (χ2v) is 13.2. The summed E-state index contributed by atoms with van der Waals surface area (Å²) >= 11 is 0. The Kier molecular flexibility index (Phi) is 9.55. The maximum atomic E-state index is 13.5. The summed E-state index contributed by atoms with van der Waals surface area (Å²) in [5.74, 6) is -0.609. The maximum Gasteiger partial charge on any atom is 0.255 e. The molecule has 3 aromatic carbocycles. The van der Waals surface area contributed by atoms with E-state index in [0.717, 1.165) is 57.9 Å². The Morgan fingerprint density at radius 3 is 2.50 bits per heavy atom. The van der Waals surface area contributed by atoms with Gasteiger partial charge < -0.3 is 19.6 Å². The number of anilines is 3. The van der Waals surface area contributed by atoms with Gasteiger partial charge in [0.05, 0.1) is 22.7 Å².